The van der Waals surface area contributed by atoms with E-state index in [1.54, 1.807) is 13.2 Å². The molecule has 0 radical (unpaired) electrons. The molecule has 0 aliphatic rings. The van der Waals surface area contributed by atoms with Gasteiger partial charge in [-0.2, -0.15) is 10.1 Å². The van der Waals surface area contributed by atoms with Crippen molar-refractivity contribution in [2.24, 2.45) is 0 Å². The number of rotatable bonds is 9. The van der Waals surface area contributed by atoms with Crippen molar-refractivity contribution in [1.82, 2.24) is 20.5 Å². The van der Waals surface area contributed by atoms with Crippen molar-refractivity contribution in [1.29, 1.82) is 0 Å². The largest absolute Gasteiger partial charge is 0.474 e. The Bertz CT molecular complexity index is 984. The van der Waals surface area contributed by atoms with Crippen LogP contribution in [0.1, 0.15) is 36.3 Å². The third-order valence-corrected chi connectivity index (χ3v) is 4.18. The van der Waals surface area contributed by atoms with Gasteiger partial charge in [-0.3, -0.25) is 9.89 Å². The maximum absolute atomic E-state index is 12.5. The lowest BCUT2D eigenvalue weighted by atomic mass is 10.1. The number of carbonyl (C=O) groups is 1. The number of pyridine rings is 1. The Balaban J connectivity index is 1.90. The lowest BCUT2D eigenvalue weighted by Gasteiger charge is -2.14. The Morgan fingerprint density at radius 2 is 2.03 bits per heavy atom. The fourth-order valence-electron chi connectivity index (χ4n) is 2.88. The van der Waals surface area contributed by atoms with E-state index < -0.39 is 0 Å². The molecule has 1 aromatic carbocycles. The first-order chi connectivity index (χ1) is 14.0. The van der Waals surface area contributed by atoms with Gasteiger partial charge in [-0.05, 0) is 56.8 Å². The molecule has 2 aromatic heterocycles. The lowest BCUT2D eigenvalue weighted by Crippen LogP contribution is -2.25. The van der Waals surface area contributed by atoms with Crippen molar-refractivity contribution in [2.45, 2.75) is 33.3 Å². The summed E-state index contributed by atoms with van der Waals surface area (Å²) in [6.45, 7) is 7.01. The van der Waals surface area contributed by atoms with Gasteiger partial charge in [-0.1, -0.05) is 0 Å². The summed E-state index contributed by atoms with van der Waals surface area (Å²) >= 11 is 0. The van der Waals surface area contributed by atoms with Crippen LogP contribution in [0.2, 0.25) is 0 Å². The lowest BCUT2D eigenvalue weighted by molar-refractivity contribution is 0.0948. The molecule has 8 nitrogen and oxygen atoms in total. The zero-order valence-corrected chi connectivity index (χ0v) is 17.2. The van der Waals surface area contributed by atoms with Crippen molar-refractivity contribution >= 4 is 28.3 Å². The monoisotopic (exact) mass is 397 g/mol. The number of fused-ring (bicyclic) bond motifs is 1. The van der Waals surface area contributed by atoms with Gasteiger partial charge >= 0.3 is 0 Å². The zero-order valence-electron chi connectivity index (χ0n) is 17.2. The molecular weight excluding hydrogens is 370 g/mol. The van der Waals surface area contributed by atoms with Crippen LogP contribution in [0.5, 0.6) is 5.88 Å². The minimum atomic E-state index is -0.122. The SMILES string of the molecule is COCCCNC(=O)c1ccc2c(OC(C)C)nc(Nc3cc(C)[nH]n3)cc2c1. The molecule has 154 valence electrons. The number of nitrogens with zero attached hydrogens (tertiary/aromatic N) is 2. The van der Waals surface area contributed by atoms with Crippen molar-refractivity contribution in [3.8, 4) is 5.88 Å². The third-order valence-electron chi connectivity index (χ3n) is 4.18. The molecule has 3 N–H and O–H groups in total. The van der Waals surface area contributed by atoms with Crippen molar-refractivity contribution in [3.63, 3.8) is 0 Å². The molecule has 0 aliphatic heterocycles. The van der Waals surface area contributed by atoms with E-state index in [-0.39, 0.29) is 12.0 Å². The average Bonchev–Trinajstić information content (AvgIpc) is 3.08. The number of methoxy groups -OCH3 is 1. The van der Waals surface area contributed by atoms with E-state index in [4.69, 9.17) is 9.47 Å². The Morgan fingerprint density at radius 1 is 1.21 bits per heavy atom. The highest BCUT2D eigenvalue weighted by molar-refractivity contribution is 6.00. The second-order valence-corrected chi connectivity index (χ2v) is 7.08. The first-order valence-electron chi connectivity index (χ1n) is 9.64. The number of anilines is 2. The summed E-state index contributed by atoms with van der Waals surface area (Å²) in [5, 5.41) is 14.9. The summed E-state index contributed by atoms with van der Waals surface area (Å²) in [5.74, 6) is 1.65. The van der Waals surface area contributed by atoms with Gasteiger partial charge in [-0.15, -0.1) is 0 Å². The summed E-state index contributed by atoms with van der Waals surface area (Å²) in [7, 11) is 1.64. The molecular formula is C21H27N5O3. The number of nitrogens with one attached hydrogen (secondary N) is 3. The van der Waals surface area contributed by atoms with E-state index in [0.29, 0.717) is 36.2 Å². The summed E-state index contributed by atoms with van der Waals surface area (Å²) in [4.78, 5) is 17.1. The second-order valence-electron chi connectivity index (χ2n) is 7.08. The van der Waals surface area contributed by atoms with Crippen LogP contribution in [0.15, 0.2) is 30.3 Å². The van der Waals surface area contributed by atoms with E-state index in [0.717, 1.165) is 22.9 Å². The smallest absolute Gasteiger partial charge is 0.251 e. The molecule has 29 heavy (non-hydrogen) atoms. The minimum absolute atomic E-state index is 0.0302. The summed E-state index contributed by atoms with van der Waals surface area (Å²) < 4.78 is 10.9. The normalized spacial score (nSPS) is 11.1. The Morgan fingerprint density at radius 3 is 2.72 bits per heavy atom. The van der Waals surface area contributed by atoms with Crippen LogP contribution < -0.4 is 15.4 Å². The van der Waals surface area contributed by atoms with Crippen molar-refractivity contribution in [2.75, 3.05) is 25.6 Å². The molecule has 8 heteroatoms. The topological polar surface area (TPSA) is 101 Å². The van der Waals surface area contributed by atoms with E-state index >= 15 is 0 Å². The van der Waals surface area contributed by atoms with Gasteiger partial charge in [0.05, 0.1) is 6.10 Å². The number of aromatic nitrogens is 3. The van der Waals surface area contributed by atoms with Crippen molar-refractivity contribution in [3.05, 3.63) is 41.6 Å². The fourth-order valence-corrected chi connectivity index (χ4v) is 2.88. The van der Waals surface area contributed by atoms with Crippen LogP contribution >= 0.6 is 0 Å². The molecule has 0 aliphatic carbocycles. The van der Waals surface area contributed by atoms with Crippen LogP contribution in [0, 0.1) is 6.92 Å². The highest BCUT2D eigenvalue weighted by Crippen LogP contribution is 2.29. The summed E-state index contributed by atoms with van der Waals surface area (Å²) in [6.07, 6.45) is 0.737. The van der Waals surface area contributed by atoms with Crippen LogP contribution in [0.3, 0.4) is 0 Å². The Kier molecular flexibility index (Phi) is 6.66. The maximum atomic E-state index is 12.5. The number of ether oxygens (including phenoxy) is 2. The number of aryl methyl sites for hydroxylation is 1. The standard InChI is InChI=1S/C21H27N5O3/c1-13(2)29-21-17-7-6-15(20(27)22-8-5-9-28-4)11-16(17)12-18(24-21)23-19-10-14(3)25-26-19/h6-7,10-13H,5,8-9H2,1-4H3,(H,22,27)(H2,23,24,25,26). The van der Waals surface area contributed by atoms with E-state index in [1.807, 2.05) is 45.0 Å². The average molecular weight is 397 g/mol. The van der Waals surface area contributed by atoms with Gasteiger partial charge < -0.3 is 20.1 Å². The van der Waals surface area contributed by atoms with Crippen LogP contribution in [-0.2, 0) is 4.74 Å². The minimum Gasteiger partial charge on any atom is -0.474 e. The van der Waals surface area contributed by atoms with E-state index in [1.165, 1.54) is 0 Å². The zero-order chi connectivity index (χ0) is 20.8. The predicted octanol–water partition coefficient (Wildman–Crippen LogP) is 3.56. The predicted molar refractivity (Wildman–Crippen MR) is 113 cm³/mol. The van der Waals surface area contributed by atoms with E-state index in [2.05, 4.69) is 25.8 Å². The Hall–Kier alpha value is -3.13. The van der Waals surface area contributed by atoms with Crippen LogP contribution in [0.25, 0.3) is 10.8 Å². The fraction of sp³-hybridized carbons (Fsp3) is 0.381. The third kappa shape index (κ3) is 5.45. The number of benzene rings is 1. The van der Waals surface area contributed by atoms with E-state index in [9.17, 15) is 4.79 Å². The highest BCUT2D eigenvalue weighted by Gasteiger charge is 2.13. The number of aromatic amines is 1. The highest BCUT2D eigenvalue weighted by atomic mass is 16.5. The molecule has 0 fully saturated rings. The number of carbonyl (C=O) groups excluding carboxylic acids is 1. The Labute approximate surface area is 170 Å². The number of amides is 1. The molecule has 3 rings (SSSR count). The first-order valence-corrected chi connectivity index (χ1v) is 9.64. The quantitative estimate of drug-likeness (QED) is 0.477. The molecule has 0 saturated heterocycles. The number of hydrogen-bond donors (Lipinski definition) is 3. The first kappa shape index (κ1) is 20.6. The van der Waals surface area contributed by atoms with Gasteiger partial charge in [0.15, 0.2) is 5.82 Å². The molecule has 1 amide bonds. The molecule has 0 bridgehead atoms. The maximum Gasteiger partial charge on any atom is 0.251 e. The van der Waals surface area contributed by atoms with Crippen LogP contribution in [-0.4, -0.2) is 47.5 Å². The number of hydrogen-bond acceptors (Lipinski definition) is 6. The van der Waals surface area contributed by atoms with Gasteiger partial charge in [0.2, 0.25) is 5.88 Å². The van der Waals surface area contributed by atoms with Gasteiger partial charge in [-0.25, -0.2) is 0 Å². The van der Waals surface area contributed by atoms with Gasteiger partial charge in [0.25, 0.3) is 5.91 Å². The molecule has 3 aromatic rings. The molecule has 0 spiro atoms. The molecule has 0 saturated carbocycles. The molecule has 0 atom stereocenters. The number of H-pyrrole nitrogens is 1. The second kappa shape index (κ2) is 9.38. The van der Waals surface area contributed by atoms with Gasteiger partial charge in [0, 0.05) is 43.0 Å². The summed E-state index contributed by atoms with van der Waals surface area (Å²) in [6, 6.07) is 9.27. The summed E-state index contributed by atoms with van der Waals surface area (Å²) in [5.41, 5.74) is 1.53. The van der Waals surface area contributed by atoms with Crippen LogP contribution in [0.4, 0.5) is 11.6 Å². The van der Waals surface area contributed by atoms with Crippen molar-refractivity contribution < 1.29 is 14.3 Å². The van der Waals surface area contributed by atoms with Gasteiger partial charge in [0.1, 0.15) is 5.82 Å². The molecule has 0 unspecified atom stereocenters. The molecule has 2 heterocycles.